The summed E-state index contributed by atoms with van der Waals surface area (Å²) < 4.78 is 4.93. The van der Waals surface area contributed by atoms with Crippen LogP contribution in [0, 0.1) is 0 Å². The second-order valence-electron chi connectivity index (χ2n) is 5.89. The highest BCUT2D eigenvalue weighted by atomic mass is 16.5. The number of benzene rings is 1. The monoisotopic (exact) mass is 318 g/mol. The van der Waals surface area contributed by atoms with Gasteiger partial charge in [-0.1, -0.05) is 19.3 Å². The first-order valence-corrected chi connectivity index (χ1v) is 8.49. The Bertz CT molecular complexity index is 508. The van der Waals surface area contributed by atoms with Gasteiger partial charge in [-0.25, -0.2) is 4.79 Å². The summed E-state index contributed by atoms with van der Waals surface area (Å²) in [5.41, 5.74) is 1.18. The lowest BCUT2D eigenvalue weighted by molar-refractivity contribution is -0.116. The van der Waals surface area contributed by atoms with E-state index in [1.807, 2.05) is 0 Å². The molecule has 1 amide bonds. The molecular weight excluding hydrogens is 292 g/mol. The van der Waals surface area contributed by atoms with Crippen molar-refractivity contribution in [3.63, 3.8) is 0 Å². The van der Waals surface area contributed by atoms with Crippen LogP contribution in [0.25, 0.3) is 0 Å². The lowest BCUT2D eigenvalue weighted by atomic mass is 9.95. The number of anilines is 1. The number of carbonyl (C=O) groups is 2. The number of ether oxygens (including phenoxy) is 1. The van der Waals surface area contributed by atoms with Crippen molar-refractivity contribution in [2.24, 2.45) is 0 Å². The normalized spacial score (nSPS) is 15.2. The zero-order chi connectivity index (χ0) is 16.5. The van der Waals surface area contributed by atoms with Crippen LogP contribution in [0.4, 0.5) is 5.69 Å². The van der Waals surface area contributed by atoms with Crippen molar-refractivity contribution in [3.8, 4) is 0 Å². The van der Waals surface area contributed by atoms with E-state index in [2.05, 4.69) is 10.6 Å². The molecule has 0 saturated heterocycles. The van der Waals surface area contributed by atoms with Gasteiger partial charge in [0.05, 0.1) is 12.2 Å². The van der Waals surface area contributed by atoms with Crippen LogP contribution in [-0.4, -0.2) is 31.1 Å². The Kier molecular flexibility index (Phi) is 7.07. The second kappa shape index (κ2) is 9.30. The molecule has 0 radical (unpaired) electrons. The van der Waals surface area contributed by atoms with E-state index in [0.717, 1.165) is 0 Å². The van der Waals surface area contributed by atoms with Crippen molar-refractivity contribution in [2.45, 2.75) is 51.5 Å². The van der Waals surface area contributed by atoms with E-state index in [1.165, 1.54) is 32.1 Å². The van der Waals surface area contributed by atoms with Gasteiger partial charge in [0.25, 0.3) is 0 Å². The molecule has 1 aromatic carbocycles. The molecule has 23 heavy (non-hydrogen) atoms. The number of esters is 1. The molecule has 0 bridgehead atoms. The second-order valence-corrected chi connectivity index (χ2v) is 5.89. The Labute approximate surface area is 137 Å². The molecule has 0 unspecified atom stereocenters. The molecule has 1 aromatic rings. The lowest BCUT2D eigenvalue weighted by Crippen LogP contribution is -2.33. The number of nitrogens with one attached hydrogen (secondary N) is 2. The average Bonchev–Trinajstić information content (AvgIpc) is 2.57. The van der Waals surface area contributed by atoms with Gasteiger partial charge in [0.1, 0.15) is 0 Å². The average molecular weight is 318 g/mol. The minimum atomic E-state index is -0.345. The maximum Gasteiger partial charge on any atom is 0.338 e. The van der Waals surface area contributed by atoms with Crippen LogP contribution in [0.2, 0.25) is 0 Å². The first-order chi connectivity index (χ1) is 11.2. The molecule has 0 aliphatic heterocycles. The fourth-order valence-electron chi connectivity index (χ4n) is 2.82. The van der Waals surface area contributed by atoms with Crippen LogP contribution in [0.5, 0.6) is 0 Å². The van der Waals surface area contributed by atoms with Gasteiger partial charge in [-0.3, -0.25) is 4.79 Å². The molecule has 126 valence electrons. The first kappa shape index (κ1) is 17.5. The number of hydrogen-bond acceptors (Lipinski definition) is 4. The third-order valence-electron chi connectivity index (χ3n) is 4.07. The quantitative estimate of drug-likeness (QED) is 0.758. The van der Waals surface area contributed by atoms with Gasteiger partial charge < -0.3 is 15.4 Å². The first-order valence-electron chi connectivity index (χ1n) is 8.49. The molecule has 2 rings (SSSR count). The van der Waals surface area contributed by atoms with Crippen LogP contribution >= 0.6 is 0 Å². The molecule has 5 heteroatoms. The van der Waals surface area contributed by atoms with E-state index in [9.17, 15) is 9.59 Å². The molecule has 0 aromatic heterocycles. The summed E-state index contributed by atoms with van der Waals surface area (Å²) >= 11 is 0. The highest BCUT2D eigenvalue weighted by Gasteiger charge is 2.13. The van der Waals surface area contributed by atoms with Crippen LogP contribution < -0.4 is 10.6 Å². The van der Waals surface area contributed by atoms with Crippen molar-refractivity contribution in [3.05, 3.63) is 29.8 Å². The minimum absolute atomic E-state index is 0.0165. The molecule has 0 spiro atoms. The Hall–Kier alpha value is -1.88. The van der Waals surface area contributed by atoms with Crippen molar-refractivity contribution >= 4 is 17.6 Å². The maximum atomic E-state index is 11.9. The van der Waals surface area contributed by atoms with Crippen molar-refractivity contribution in [2.75, 3.05) is 18.5 Å². The minimum Gasteiger partial charge on any atom is -0.462 e. The van der Waals surface area contributed by atoms with E-state index in [1.54, 1.807) is 31.2 Å². The van der Waals surface area contributed by atoms with E-state index in [4.69, 9.17) is 4.74 Å². The van der Waals surface area contributed by atoms with Crippen LogP contribution in [0.1, 0.15) is 55.8 Å². The molecule has 5 nitrogen and oxygen atoms in total. The molecule has 1 fully saturated rings. The van der Waals surface area contributed by atoms with Gasteiger partial charge in [0.15, 0.2) is 0 Å². The van der Waals surface area contributed by atoms with Crippen molar-refractivity contribution in [1.82, 2.24) is 5.32 Å². The van der Waals surface area contributed by atoms with Crippen LogP contribution in [-0.2, 0) is 9.53 Å². The van der Waals surface area contributed by atoms with Crippen LogP contribution in [0.3, 0.4) is 0 Å². The zero-order valence-corrected chi connectivity index (χ0v) is 13.8. The number of rotatable bonds is 7. The predicted molar refractivity (Wildman–Crippen MR) is 90.5 cm³/mol. The summed E-state index contributed by atoms with van der Waals surface area (Å²) in [5.74, 6) is -0.362. The third-order valence-corrected chi connectivity index (χ3v) is 4.07. The molecule has 1 saturated carbocycles. The Morgan fingerprint density at radius 3 is 2.48 bits per heavy atom. The summed E-state index contributed by atoms with van der Waals surface area (Å²) in [4.78, 5) is 23.5. The largest absolute Gasteiger partial charge is 0.462 e. The van der Waals surface area contributed by atoms with Crippen molar-refractivity contribution < 1.29 is 14.3 Å². The summed E-state index contributed by atoms with van der Waals surface area (Å²) in [7, 11) is 0. The summed E-state index contributed by atoms with van der Waals surface area (Å²) in [6.45, 7) is 2.83. The SMILES string of the molecule is CCOC(=O)c1ccc(NC(=O)CCNC2CCCCC2)cc1. The Morgan fingerprint density at radius 2 is 1.83 bits per heavy atom. The highest BCUT2D eigenvalue weighted by molar-refractivity contribution is 5.93. The van der Waals surface area contributed by atoms with Gasteiger partial charge in [-0.15, -0.1) is 0 Å². The number of carbonyl (C=O) groups excluding carboxylic acids is 2. The topological polar surface area (TPSA) is 67.4 Å². The van der Waals surface area contributed by atoms with Gasteiger partial charge >= 0.3 is 5.97 Å². The molecule has 1 aliphatic carbocycles. The smallest absolute Gasteiger partial charge is 0.338 e. The number of amides is 1. The maximum absolute atomic E-state index is 11.9. The molecule has 0 heterocycles. The van der Waals surface area contributed by atoms with Gasteiger partial charge in [-0.05, 0) is 44.0 Å². The summed E-state index contributed by atoms with van der Waals surface area (Å²) in [6.07, 6.45) is 6.80. The molecule has 2 N–H and O–H groups in total. The Balaban J connectivity index is 1.71. The molecular formula is C18H26N2O3. The van der Waals surface area contributed by atoms with Gasteiger partial charge in [-0.2, -0.15) is 0 Å². The van der Waals surface area contributed by atoms with Crippen molar-refractivity contribution in [1.29, 1.82) is 0 Å². The fraction of sp³-hybridized carbons (Fsp3) is 0.556. The molecule has 0 atom stereocenters. The van der Waals surface area contributed by atoms with Crippen LogP contribution in [0.15, 0.2) is 24.3 Å². The predicted octanol–water partition coefficient (Wildman–Crippen LogP) is 3.11. The standard InChI is InChI=1S/C18H26N2O3/c1-2-23-18(22)14-8-10-16(11-9-14)20-17(21)12-13-19-15-6-4-3-5-7-15/h8-11,15,19H,2-7,12-13H2,1H3,(H,20,21). The Morgan fingerprint density at radius 1 is 1.13 bits per heavy atom. The zero-order valence-electron chi connectivity index (χ0n) is 13.8. The number of hydrogen-bond donors (Lipinski definition) is 2. The van der Waals surface area contributed by atoms with E-state index < -0.39 is 0 Å². The highest BCUT2D eigenvalue weighted by Crippen LogP contribution is 2.17. The lowest BCUT2D eigenvalue weighted by Gasteiger charge is -2.22. The van der Waals surface area contributed by atoms with E-state index in [0.29, 0.717) is 36.9 Å². The van der Waals surface area contributed by atoms with Gasteiger partial charge in [0.2, 0.25) is 5.91 Å². The summed E-state index contributed by atoms with van der Waals surface area (Å²) in [5, 5.41) is 6.30. The summed E-state index contributed by atoms with van der Waals surface area (Å²) in [6, 6.07) is 7.33. The fourth-order valence-corrected chi connectivity index (χ4v) is 2.82. The third kappa shape index (κ3) is 6.02. The van der Waals surface area contributed by atoms with E-state index >= 15 is 0 Å². The van der Waals surface area contributed by atoms with Gasteiger partial charge in [0, 0.05) is 24.7 Å². The van der Waals surface area contributed by atoms with E-state index in [-0.39, 0.29) is 11.9 Å². The molecule has 1 aliphatic rings.